The Labute approximate surface area is 112 Å². The summed E-state index contributed by atoms with van der Waals surface area (Å²) in [5, 5.41) is 5.76. The van der Waals surface area contributed by atoms with E-state index in [4.69, 9.17) is 0 Å². The number of aromatic nitrogens is 2. The third kappa shape index (κ3) is 2.20. The van der Waals surface area contributed by atoms with E-state index in [0.717, 1.165) is 0 Å². The highest BCUT2D eigenvalue weighted by atomic mass is 14.9. The predicted molar refractivity (Wildman–Crippen MR) is 76.9 cm³/mol. The molecule has 3 nitrogen and oxygen atoms in total. The predicted octanol–water partition coefficient (Wildman–Crippen LogP) is 2.94. The van der Waals surface area contributed by atoms with Gasteiger partial charge in [0.05, 0.1) is 6.04 Å². The second-order valence-corrected chi connectivity index (χ2v) is 4.45. The van der Waals surface area contributed by atoms with Gasteiger partial charge < -0.3 is 5.32 Å². The fourth-order valence-corrected chi connectivity index (χ4v) is 2.45. The van der Waals surface area contributed by atoms with E-state index in [1.807, 2.05) is 50.0 Å². The minimum absolute atomic E-state index is 0.149. The van der Waals surface area contributed by atoms with E-state index in [1.54, 1.807) is 0 Å². The molecule has 3 rings (SSSR count). The second kappa shape index (κ2) is 5.16. The Hall–Kier alpha value is -2.26. The summed E-state index contributed by atoms with van der Waals surface area (Å²) in [4.78, 5) is 8.32. The van der Waals surface area contributed by atoms with Gasteiger partial charge in [-0.1, -0.05) is 18.2 Å². The maximum absolute atomic E-state index is 4.24. The average molecular weight is 249 g/mol. The number of hydrogen-bond acceptors (Lipinski definition) is 3. The lowest BCUT2D eigenvalue weighted by Crippen LogP contribution is -2.18. The normalized spacial score (nSPS) is 12.5. The SMILES string of the molecule is CNC(c1ccncc1)c1cccc2ccncc12. The van der Waals surface area contributed by atoms with Gasteiger partial charge in [0.1, 0.15) is 0 Å². The van der Waals surface area contributed by atoms with Crippen molar-refractivity contribution in [1.82, 2.24) is 15.3 Å². The summed E-state index contributed by atoms with van der Waals surface area (Å²) in [6, 6.07) is 12.6. The van der Waals surface area contributed by atoms with Crippen molar-refractivity contribution in [2.45, 2.75) is 6.04 Å². The van der Waals surface area contributed by atoms with Gasteiger partial charge in [-0.15, -0.1) is 0 Å². The number of benzene rings is 1. The molecule has 1 atom stereocenters. The second-order valence-electron chi connectivity index (χ2n) is 4.45. The van der Waals surface area contributed by atoms with Crippen molar-refractivity contribution < 1.29 is 0 Å². The average Bonchev–Trinajstić information content (AvgIpc) is 2.49. The third-order valence-electron chi connectivity index (χ3n) is 3.36. The monoisotopic (exact) mass is 249 g/mol. The summed E-state index contributed by atoms with van der Waals surface area (Å²) in [7, 11) is 1.97. The maximum Gasteiger partial charge on any atom is 0.0582 e. The number of fused-ring (bicyclic) bond motifs is 1. The quantitative estimate of drug-likeness (QED) is 0.775. The Balaban J connectivity index is 2.17. The summed E-state index contributed by atoms with van der Waals surface area (Å²) in [5.74, 6) is 0. The van der Waals surface area contributed by atoms with E-state index in [1.165, 1.54) is 21.9 Å². The molecule has 0 bridgehead atoms. The van der Waals surface area contributed by atoms with E-state index < -0.39 is 0 Å². The molecule has 94 valence electrons. The van der Waals surface area contributed by atoms with Crippen LogP contribution in [0.4, 0.5) is 0 Å². The summed E-state index contributed by atoms with van der Waals surface area (Å²) in [6.07, 6.45) is 7.40. The van der Waals surface area contributed by atoms with Crippen LogP contribution in [0.2, 0.25) is 0 Å². The van der Waals surface area contributed by atoms with Crippen molar-refractivity contribution in [2.24, 2.45) is 0 Å². The van der Waals surface area contributed by atoms with Crippen molar-refractivity contribution in [3.8, 4) is 0 Å². The molecule has 19 heavy (non-hydrogen) atoms. The number of pyridine rings is 2. The topological polar surface area (TPSA) is 37.8 Å². The van der Waals surface area contributed by atoms with Crippen LogP contribution in [0.1, 0.15) is 17.2 Å². The lowest BCUT2D eigenvalue weighted by Gasteiger charge is -2.18. The molecule has 1 unspecified atom stereocenters. The molecule has 0 spiro atoms. The smallest absolute Gasteiger partial charge is 0.0582 e. The molecule has 3 aromatic rings. The van der Waals surface area contributed by atoms with Crippen LogP contribution in [0.5, 0.6) is 0 Å². The molecule has 0 aliphatic carbocycles. The van der Waals surface area contributed by atoms with Crippen LogP contribution in [0, 0.1) is 0 Å². The highest BCUT2D eigenvalue weighted by Crippen LogP contribution is 2.27. The molecule has 1 N–H and O–H groups in total. The summed E-state index contributed by atoms with van der Waals surface area (Å²) >= 11 is 0. The molecule has 1 aromatic carbocycles. The number of nitrogens with one attached hydrogen (secondary N) is 1. The van der Waals surface area contributed by atoms with E-state index >= 15 is 0 Å². The summed E-state index contributed by atoms with van der Waals surface area (Å²) < 4.78 is 0. The van der Waals surface area contributed by atoms with Gasteiger partial charge in [0.25, 0.3) is 0 Å². The largest absolute Gasteiger partial charge is 0.309 e. The molecule has 0 radical (unpaired) electrons. The van der Waals surface area contributed by atoms with Gasteiger partial charge in [-0.05, 0) is 41.8 Å². The molecule has 0 fully saturated rings. The molecular weight excluding hydrogens is 234 g/mol. The van der Waals surface area contributed by atoms with Gasteiger partial charge >= 0.3 is 0 Å². The van der Waals surface area contributed by atoms with Crippen molar-refractivity contribution in [1.29, 1.82) is 0 Å². The Bertz CT molecular complexity index is 674. The highest BCUT2D eigenvalue weighted by molar-refractivity contribution is 5.85. The molecule has 0 aliphatic rings. The van der Waals surface area contributed by atoms with Crippen LogP contribution in [0.25, 0.3) is 10.8 Å². The van der Waals surface area contributed by atoms with Crippen molar-refractivity contribution >= 4 is 10.8 Å². The maximum atomic E-state index is 4.24. The fourth-order valence-electron chi connectivity index (χ4n) is 2.45. The molecule has 0 amide bonds. The number of hydrogen-bond donors (Lipinski definition) is 1. The lowest BCUT2D eigenvalue weighted by atomic mass is 9.95. The Morgan fingerprint density at radius 3 is 2.53 bits per heavy atom. The molecule has 0 saturated heterocycles. The summed E-state index contributed by atoms with van der Waals surface area (Å²) in [5.41, 5.74) is 2.44. The lowest BCUT2D eigenvalue weighted by molar-refractivity contribution is 0.695. The first-order valence-corrected chi connectivity index (χ1v) is 6.30. The van der Waals surface area contributed by atoms with Gasteiger partial charge in [0.2, 0.25) is 0 Å². The first-order valence-electron chi connectivity index (χ1n) is 6.30. The molecule has 2 aromatic heterocycles. The van der Waals surface area contributed by atoms with Gasteiger partial charge in [-0.2, -0.15) is 0 Å². The Morgan fingerprint density at radius 2 is 1.74 bits per heavy atom. The minimum Gasteiger partial charge on any atom is -0.309 e. The van der Waals surface area contributed by atoms with Crippen LogP contribution in [0.3, 0.4) is 0 Å². The van der Waals surface area contributed by atoms with Gasteiger partial charge in [-0.3, -0.25) is 9.97 Å². The van der Waals surface area contributed by atoms with Crippen LogP contribution in [-0.4, -0.2) is 17.0 Å². The van der Waals surface area contributed by atoms with Crippen molar-refractivity contribution in [3.63, 3.8) is 0 Å². The molecule has 0 aliphatic heterocycles. The van der Waals surface area contributed by atoms with E-state index in [9.17, 15) is 0 Å². The van der Waals surface area contributed by atoms with Crippen LogP contribution in [0.15, 0.2) is 61.2 Å². The van der Waals surface area contributed by atoms with E-state index in [2.05, 4.69) is 33.5 Å². The van der Waals surface area contributed by atoms with Gasteiger partial charge in [0, 0.05) is 30.2 Å². The first-order chi connectivity index (χ1) is 9.40. The van der Waals surface area contributed by atoms with Crippen molar-refractivity contribution in [2.75, 3.05) is 7.05 Å². The standard InChI is InChI=1S/C16H15N3/c1-17-16(13-6-8-18-9-7-13)14-4-2-3-12-5-10-19-11-15(12)14/h2-11,16-17H,1H3. The van der Waals surface area contributed by atoms with Gasteiger partial charge in [0.15, 0.2) is 0 Å². The zero-order chi connectivity index (χ0) is 13.1. The first kappa shape index (κ1) is 11.8. The Kier molecular flexibility index (Phi) is 3.21. The third-order valence-corrected chi connectivity index (χ3v) is 3.36. The Morgan fingerprint density at radius 1 is 0.947 bits per heavy atom. The number of nitrogens with zero attached hydrogens (tertiary/aromatic N) is 2. The fraction of sp³-hybridized carbons (Fsp3) is 0.125. The molecule has 2 heterocycles. The summed E-state index contributed by atoms with van der Waals surface area (Å²) in [6.45, 7) is 0. The minimum atomic E-state index is 0.149. The zero-order valence-electron chi connectivity index (χ0n) is 10.7. The van der Waals surface area contributed by atoms with Crippen molar-refractivity contribution in [3.05, 3.63) is 72.3 Å². The molecule has 3 heteroatoms. The van der Waals surface area contributed by atoms with E-state index in [0.29, 0.717) is 0 Å². The van der Waals surface area contributed by atoms with Crippen LogP contribution in [-0.2, 0) is 0 Å². The highest BCUT2D eigenvalue weighted by Gasteiger charge is 2.14. The molecule has 0 saturated carbocycles. The zero-order valence-corrected chi connectivity index (χ0v) is 10.7. The van der Waals surface area contributed by atoms with Gasteiger partial charge in [-0.25, -0.2) is 0 Å². The molecular formula is C16H15N3. The van der Waals surface area contributed by atoms with Crippen LogP contribution >= 0.6 is 0 Å². The van der Waals surface area contributed by atoms with E-state index in [-0.39, 0.29) is 6.04 Å². The van der Waals surface area contributed by atoms with Crippen LogP contribution < -0.4 is 5.32 Å². The number of rotatable bonds is 3.